The number of methoxy groups -OCH3 is 1. The zero-order valence-electron chi connectivity index (χ0n) is 11.6. The zero-order chi connectivity index (χ0) is 14.4. The highest BCUT2D eigenvalue weighted by Gasteiger charge is 2.12. The van der Waals surface area contributed by atoms with E-state index in [2.05, 4.69) is 22.8 Å². The van der Waals surface area contributed by atoms with Crippen LogP contribution in [0.3, 0.4) is 0 Å². The van der Waals surface area contributed by atoms with E-state index in [9.17, 15) is 0 Å². The van der Waals surface area contributed by atoms with Crippen molar-refractivity contribution in [3.63, 3.8) is 0 Å². The smallest absolute Gasteiger partial charge is 0.165 e. The molecular formula is C15H18ClNO2S. The molecule has 0 fully saturated rings. The average Bonchev–Trinajstić information content (AvgIpc) is 2.94. The molecule has 20 heavy (non-hydrogen) atoms. The van der Waals surface area contributed by atoms with Gasteiger partial charge < -0.3 is 14.8 Å². The summed E-state index contributed by atoms with van der Waals surface area (Å²) < 4.78 is 11.0. The van der Waals surface area contributed by atoms with E-state index in [0.29, 0.717) is 23.9 Å². The molecule has 3 nitrogen and oxygen atoms in total. The predicted molar refractivity (Wildman–Crippen MR) is 84.0 cm³/mol. The Labute approximate surface area is 128 Å². The van der Waals surface area contributed by atoms with E-state index in [1.807, 2.05) is 13.0 Å². The second-order valence-electron chi connectivity index (χ2n) is 4.21. The van der Waals surface area contributed by atoms with Crippen molar-refractivity contribution >= 4 is 22.9 Å². The van der Waals surface area contributed by atoms with Crippen molar-refractivity contribution in [1.82, 2.24) is 5.32 Å². The Bertz CT molecular complexity index is 543. The summed E-state index contributed by atoms with van der Waals surface area (Å²) in [5.74, 6) is 1.44. The van der Waals surface area contributed by atoms with Gasteiger partial charge in [0.1, 0.15) is 0 Å². The molecule has 0 unspecified atom stereocenters. The maximum absolute atomic E-state index is 6.12. The largest absolute Gasteiger partial charge is 0.493 e. The van der Waals surface area contributed by atoms with Crippen LogP contribution in [0.15, 0.2) is 29.6 Å². The first-order chi connectivity index (χ1) is 9.74. The van der Waals surface area contributed by atoms with Crippen LogP contribution in [0.2, 0.25) is 5.02 Å². The Morgan fingerprint density at radius 1 is 1.30 bits per heavy atom. The Balaban J connectivity index is 2.10. The molecule has 1 N–H and O–H groups in total. The minimum atomic E-state index is 0.593. The van der Waals surface area contributed by atoms with Gasteiger partial charge in [-0.3, -0.25) is 0 Å². The van der Waals surface area contributed by atoms with Crippen LogP contribution in [-0.2, 0) is 13.1 Å². The van der Waals surface area contributed by atoms with Gasteiger partial charge >= 0.3 is 0 Å². The van der Waals surface area contributed by atoms with Crippen molar-refractivity contribution in [2.75, 3.05) is 13.7 Å². The molecule has 0 bridgehead atoms. The molecule has 0 radical (unpaired) electrons. The summed E-state index contributed by atoms with van der Waals surface area (Å²) in [5.41, 5.74) is 1.01. The molecule has 0 amide bonds. The molecule has 2 aromatic rings. The molecule has 1 heterocycles. The maximum atomic E-state index is 6.12. The summed E-state index contributed by atoms with van der Waals surface area (Å²) in [6, 6.07) is 7.85. The Kier molecular flexibility index (Phi) is 5.71. The summed E-state index contributed by atoms with van der Waals surface area (Å²) in [7, 11) is 1.62. The predicted octanol–water partition coefficient (Wildman–Crippen LogP) is 4.10. The highest BCUT2D eigenvalue weighted by molar-refractivity contribution is 7.09. The van der Waals surface area contributed by atoms with E-state index < -0.39 is 0 Å². The fourth-order valence-corrected chi connectivity index (χ4v) is 2.85. The number of benzene rings is 1. The number of nitrogens with one attached hydrogen (secondary N) is 1. The van der Waals surface area contributed by atoms with Gasteiger partial charge in [0.2, 0.25) is 0 Å². The van der Waals surface area contributed by atoms with Crippen molar-refractivity contribution < 1.29 is 9.47 Å². The molecule has 0 saturated heterocycles. The average molecular weight is 312 g/mol. The van der Waals surface area contributed by atoms with Crippen LogP contribution in [-0.4, -0.2) is 13.7 Å². The minimum Gasteiger partial charge on any atom is -0.493 e. The molecule has 1 aromatic carbocycles. The summed E-state index contributed by atoms with van der Waals surface area (Å²) in [5, 5.41) is 6.12. The van der Waals surface area contributed by atoms with Crippen LogP contribution in [0.5, 0.6) is 11.5 Å². The minimum absolute atomic E-state index is 0.593. The molecule has 1 aromatic heterocycles. The molecule has 5 heteroatoms. The molecule has 0 spiro atoms. The first kappa shape index (κ1) is 15.2. The fraction of sp³-hybridized carbons (Fsp3) is 0.333. The Morgan fingerprint density at radius 2 is 2.15 bits per heavy atom. The van der Waals surface area contributed by atoms with Crippen LogP contribution in [0, 0.1) is 0 Å². The molecular weight excluding hydrogens is 294 g/mol. The first-order valence-corrected chi connectivity index (χ1v) is 7.72. The van der Waals surface area contributed by atoms with Gasteiger partial charge in [-0.25, -0.2) is 0 Å². The van der Waals surface area contributed by atoms with Gasteiger partial charge in [0, 0.05) is 34.6 Å². The van der Waals surface area contributed by atoms with Crippen molar-refractivity contribution in [1.29, 1.82) is 0 Å². The molecule has 108 valence electrons. The third-order valence-corrected chi connectivity index (χ3v) is 3.89. The lowest BCUT2D eigenvalue weighted by atomic mass is 10.2. The SMILES string of the molecule is CCOc1c(CNCc2cccs2)cc(Cl)cc1OC. The zero-order valence-corrected chi connectivity index (χ0v) is 13.2. The summed E-state index contributed by atoms with van der Waals surface area (Å²) in [6.45, 7) is 4.06. The molecule has 0 saturated carbocycles. The highest BCUT2D eigenvalue weighted by Crippen LogP contribution is 2.34. The lowest BCUT2D eigenvalue weighted by Gasteiger charge is -2.15. The number of halogens is 1. The van der Waals surface area contributed by atoms with Gasteiger partial charge in [-0.15, -0.1) is 11.3 Å². The third kappa shape index (κ3) is 3.88. The van der Waals surface area contributed by atoms with Gasteiger partial charge in [0.25, 0.3) is 0 Å². The van der Waals surface area contributed by atoms with E-state index in [1.54, 1.807) is 24.5 Å². The molecule has 2 rings (SSSR count). The van der Waals surface area contributed by atoms with Crippen molar-refractivity contribution in [2.45, 2.75) is 20.0 Å². The van der Waals surface area contributed by atoms with E-state index in [1.165, 1.54) is 4.88 Å². The summed E-state index contributed by atoms with van der Waals surface area (Å²) in [4.78, 5) is 1.30. The van der Waals surface area contributed by atoms with E-state index in [-0.39, 0.29) is 0 Å². The number of thiophene rings is 1. The Hall–Kier alpha value is -1.23. The quantitative estimate of drug-likeness (QED) is 0.835. The third-order valence-electron chi connectivity index (χ3n) is 2.80. The standard InChI is InChI=1S/C15H18ClNO2S/c1-3-19-15-11(7-12(16)8-14(15)18-2)9-17-10-13-5-4-6-20-13/h4-8,17H,3,9-10H2,1-2H3. The monoisotopic (exact) mass is 311 g/mol. The van der Waals surface area contributed by atoms with Gasteiger partial charge in [-0.2, -0.15) is 0 Å². The van der Waals surface area contributed by atoms with E-state index in [0.717, 1.165) is 17.9 Å². The van der Waals surface area contributed by atoms with Crippen molar-refractivity contribution in [3.05, 3.63) is 45.1 Å². The van der Waals surface area contributed by atoms with Crippen molar-refractivity contribution in [3.8, 4) is 11.5 Å². The number of hydrogen-bond donors (Lipinski definition) is 1. The lowest BCUT2D eigenvalue weighted by Crippen LogP contribution is -2.13. The first-order valence-electron chi connectivity index (χ1n) is 6.47. The van der Waals surface area contributed by atoms with Crippen LogP contribution >= 0.6 is 22.9 Å². The molecule has 0 atom stereocenters. The van der Waals surface area contributed by atoms with Gasteiger partial charge in [0.15, 0.2) is 11.5 Å². The van der Waals surface area contributed by atoms with E-state index in [4.69, 9.17) is 21.1 Å². The van der Waals surface area contributed by atoms with E-state index >= 15 is 0 Å². The van der Waals surface area contributed by atoms with Gasteiger partial charge in [-0.1, -0.05) is 17.7 Å². The van der Waals surface area contributed by atoms with Gasteiger partial charge in [-0.05, 0) is 24.4 Å². The molecule has 0 aliphatic rings. The second-order valence-corrected chi connectivity index (χ2v) is 5.68. The summed E-state index contributed by atoms with van der Waals surface area (Å²) >= 11 is 7.86. The van der Waals surface area contributed by atoms with Crippen LogP contribution < -0.4 is 14.8 Å². The number of ether oxygens (including phenoxy) is 2. The normalized spacial score (nSPS) is 10.6. The topological polar surface area (TPSA) is 30.5 Å². The number of hydrogen-bond acceptors (Lipinski definition) is 4. The van der Waals surface area contributed by atoms with Crippen molar-refractivity contribution in [2.24, 2.45) is 0 Å². The van der Waals surface area contributed by atoms with Gasteiger partial charge in [0.05, 0.1) is 13.7 Å². The number of rotatable bonds is 7. The second kappa shape index (κ2) is 7.53. The fourth-order valence-electron chi connectivity index (χ4n) is 1.95. The van der Waals surface area contributed by atoms with Crippen LogP contribution in [0.25, 0.3) is 0 Å². The maximum Gasteiger partial charge on any atom is 0.165 e. The molecule has 0 aliphatic heterocycles. The van der Waals surface area contributed by atoms with Crippen LogP contribution in [0.1, 0.15) is 17.4 Å². The highest BCUT2D eigenvalue weighted by atomic mass is 35.5. The summed E-state index contributed by atoms with van der Waals surface area (Å²) in [6.07, 6.45) is 0. The molecule has 0 aliphatic carbocycles. The van der Waals surface area contributed by atoms with Crippen LogP contribution in [0.4, 0.5) is 0 Å². The lowest BCUT2D eigenvalue weighted by molar-refractivity contribution is 0.307. The Morgan fingerprint density at radius 3 is 2.80 bits per heavy atom.